The van der Waals surface area contributed by atoms with Crippen LogP contribution in [0.4, 0.5) is 0 Å². The van der Waals surface area contributed by atoms with E-state index in [0.29, 0.717) is 0 Å². The average molecular weight is 285 g/mol. The minimum Gasteiger partial charge on any atom is -0.478 e. The zero-order valence-corrected chi connectivity index (χ0v) is 11.3. The summed E-state index contributed by atoms with van der Waals surface area (Å²) in [7, 11) is 0. The average Bonchev–Trinajstić information content (AvgIpc) is 2.36. The van der Waals surface area contributed by atoms with Crippen molar-refractivity contribution in [2.75, 3.05) is 6.61 Å². The molecule has 3 N–H and O–H groups in total. The molecule has 0 bridgehead atoms. The summed E-state index contributed by atoms with van der Waals surface area (Å²) in [5.74, 6) is -2.14. The van der Waals surface area contributed by atoms with Crippen LogP contribution in [-0.2, 0) is 23.9 Å². The molecular weight excluding hydrogens is 266 g/mol. The lowest BCUT2D eigenvalue weighted by Crippen LogP contribution is -2.08. The number of rotatable bonds is 6. The van der Waals surface area contributed by atoms with Crippen LogP contribution in [0.15, 0.2) is 38.0 Å². The molecule has 1 amide bonds. The number of primary amides is 1. The zero-order chi connectivity index (χ0) is 16.6. The van der Waals surface area contributed by atoms with E-state index in [-0.39, 0.29) is 18.8 Å². The first-order valence-electron chi connectivity index (χ1n) is 5.24. The summed E-state index contributed by atoms with van der Waals surface area (Å²) in [5.41, 5.74) is 4.53. The normalized spacial score (nSPS) is 7.45. The number of carbonyl (C=O) groups excluding carboxylic acids is 3. The summed E-state index contributed by atoms with van der Waals surface area (Å²) < 4.78 is 4.52. The van der Waals surface area contributed by atoms with Crippen LogP contribution in [0, 0.1) is 0 Å². The molecular formula is C13H19NO6. The molecule has 0 radical (unpaired) electrons. The van der Waals surface area contributed by atoms with Crippen LogP contribution in [0.3, 0.4) is 0 Å². The van der Waals surface area contributed by atoms with Gasteiger partial charge in [0.2, 0.25) is 5.91 Å². The van der Waals surface area contributed by atoms with Gasteiger partial charge in [0.1, 0.15) is 18.8 Å². The molecule has 20 heavy (non-hydrogen) atoms. The van der Waals surface area contributed by atoms with E-state index in [2.05, 4.69) is 30.2 Å². The molecule has 0 aromatic carbocycles. The summed E-state index contributed by atoms with van der Waals surface area (Å²) in [6.07, 6.45) is 3.20. The lowest BCUT2D eigenvalue weighted by Gasteiger charge is -1.96. The largest absolute Gasteiger partial charge is 0.478 e. The maximum Gasteiger partial charge on any atom is 0.327 e. The van der Waals surface area contributed by atoms with E-state index in [4.69, 9.17) is 5.11 Å². The number of nitrogens with two attached hydrogens (primary N) is 1. The fraction of sp³-hybridized carbons (Fsp3) is 0.231. The lowest BCUT2D eigenvalue weighted by molar-refractivity contribution is -0.144. The number of ether oxygens (including phenoxy) is 1. The predicted molar refractivity (Wildman–Crippen MR) is 73.7 cm³/mol. The first-order valence-corrected chi connectivity index (χ1v) is 5.24. The van der Waals surface area contributed by atoms with Gasteiger partial charge in [0.15, 0.2) is 0 Å². The molecule has 0 aromatic heterocycles. The number of hydrogen-bond acceptors (Lipinski definition) is 5. The second-order valence-electron chi connectivity index (χ2n) is 3.00. The third kappa shape index (κ3) is 36.2. The number of carboxylic acids is 1. The molecule has 0 atom stereocenters. The smallest absolute Gasteiger partial charge is 0.327 e. The summed E-state index contributed by atoms with van der Waals surface area (Å²) >= 11 is 0. The molecule has 0 aliphatic rings. The number of carbonyl (C=O) groups is 4. The molecule has 0 spiro atoms. The number of Topliss-reactive ketones (excluding diaryl/α,β-unsaturated/α-hetero) is 1. The number of amides is 1. The van der Waals surface area contributed by atoms with Gasteiger partial charge in [-0.3, -0.25) is 14.4 Å². The highest BCUT2D eigenvalue weighted by Crippen LogP contribution is 1.87. The Balaban J connectivity index is -0.000000244. The highest BCUT2D eigenvalue weighted by atomic mass is 16.5. The monoisotopic (exact) mass is 285 g/mol. The summed E-state index contributed by atoms with van der Waals surface area (Å²) in [5, 5.41) is 7.60. The first-order chi connectivity index (χ1) is 9.20. The van der Waals surface area contributed by atoms with E-state index in [1.165, 1.54) is 13.0 Å². The van der Waals surface area contributed by atoms with Crippen LogP contribution in [0.1, 0.15) is 13.3 Å². The van der Waals surface area contributed by atoms with Crippen LogP contribution in [0.25, 0.3) is 0 Å². The Hall–Kier alpha value is -2.70. The van der Waals surface area contributed by atoms with Crippen molar-refractivity contribution in [1.82, 2.24) is 0 Å². The molecule has 7 heteroatoms. The third-order valence-electron chi connectivity index (χ3n) is 1.13. The molecule has 0 aliphatic heterocycles. The molecule has 0 saturated heterocycles. The molecule has 0 heterocycles. The Bertz CT molecular complexity index is 355. The molecule has 0 unspecified atom stereocenters. The van der Waals surface area contributed by atoms with Crippen LogP contribution in [0.2, 0.25) is 0 Å². The van der Waals surface area contributed by atoms with Gasteiger partial charge >= 0.3 is 11.9 Å². The molecule has 0 aromatic rings. The van der Waals surface area contributed by atoms with E-state index in [1.807, 2.05) is 0 Å². The van der Waals surface area contributed by atoms with Crippen LogP contribution < -0.4 is 5.73 Å². The van der Waals surface area contributed by atoms with Gasteiger partial charge in [0.25, 0.3) is 0 Å². The van der Waals surface area contributed by atoms with Crippen molar-refractivity contribution in [3.63, 3.8) is 0 Å². The van der Waals surface area contributed by atoms with E-state index in [9.17, 15) is 19.2 Å². The first kappa shape index (κ1) is 22.5. The van der Waals surface area contributed by atoms with Crippen molar-refractivity contribution in [3.8, 4) is 0 Å². The third-order valence-corrected chi connectivity index (χ3v) is 1.13. The van der Waals surface area contributed by atoms with Gasteiger partial charge in [-0.05, 0) is 13.0 Å². The van der Waals surface area contributed by atoms with Crippen LogP contribution in [-0.4, -0.2) is 35.3 Å². The van der Waals surface area contributed by atoms with Gasteiger partial charge in [-0.25, -0.2) is 4.79 Å². The zero-order valence-electron chi connectivity index (χ0n) is 11.3. The second kappa shape index (κ2) is 16.3. The fourth-order valence-corrected chi connectivity index (χ4v) is 0.406. The van der Waals surface area contributed by atoms with Gasteiger partial charge in [-0.15, -0.1) is 0 Å². The summed E-state index contributed by atoms with van der Waals surface area (Å²) in [6, 6.07) is 0. The van der Waals surface area contributed by atoms with Crippen molar-refractivity contribution >= 4 is 23.6 Å². The van der Waals surface area contributed by atoms with E-state index in [0.717, 1.165) is 12.2 Å². The highest BCUT2D eigenvalue weighted by molar-refractivity contribution is 5.94. The molecule has 112 valence electrons. The van der Waals surface area contributed by atoms with Crippen LogP contribution >= 0.6 is 0 Å². The second-order valence-corrected chi connectivity index (χ2v) is 3.00. The number of aliphatic carboxylic acids is 1. The van der Waals surface area contributed by atoms with Gasteiger partial charge in [-0.2, -0.15) is 0 Å². The van der Waals surface area contributed by atoms with Crippen molar-refractivity contribution < 1.29 is 29.0 Å². The summed E-state index contributed by atoms with van der Waals surface area (Å²) in [4.78, 5) is 39.5. The lowest BCUT2D eigenvalue weighted by atomic mass is 10.3. The predicted octanol–water partition coefficient (Wildman–Crippen LogP) is 0.609. The van der Waals surface area contributed by atoms with Gasteiger partial charge in [-0.1, -0.05) is 25.8 Å². The quantitative estimate of drug-likeness (QED) is 0.319. The number of hydrogen-bond donors (Lipinski definition) is 2. The molecule has 7 nitrogen and oxygen atoms in total. The number of esters is 1. The Kier molecular flexibility index (Phi) is 18.3. The maximum atomic E-state index is 10.5. The topological polar surface area (TPSA) is 124 Å². The Labute approximate surface area is 117 Å². The summed E-state index contributed by atoms with van der Waals surface area (Å²) in [6.45, 7) is 10.9. The van der Waals surface area contributed by atoms with E-state index < -0.39 is 17.8 Å². The minimum absolute atomic E-state index is 0.145. The molecule has 0 rings (SSSR count). The van der Waals surface area contributed by atoms with Gasteiger partial charge in [0, 0.05) is 6.08 Å². The Morgan fingerprint density at radius 3 is 1.75 bits per heavy atom. The van der Waals surface area contributed by atoms with Crippen molar-refractivity contribution in [2.45, 2.75) is 13.3 Å². The van der Waals surface area contributed by atoms with Crippen molar-refractivity contribution in [3.05, 3.63) is 38.0 Å². The van der Waals surface area contributed by atoms with Gasteiger partial charge < -0.3 is 15.6 Å². The molecule has 0 fully saturated rings. The van der Waals surface area contributed by atoms with Crippen molar-refractivity contribution in [2.24, 2.45) is 5.73 Å². The minimum atomic E-state index is -0.981. The Morgan fingerprint density at radius 2 is 1.55 bits per heavy atom. The number of ketones is 1. The van der Waals surface area contributed by atoms with E-state index >= 15 is 0 Å². The van der Waals surface area contributed by atoms with E-state index in [1.54, 1.807) is 0 Å². The molecule has 0 aliphatic carbocycles. The SMILES string of the molecule is C=CC(=O)O.C=CC(N)=O.C=CCOC(=O)CC(C)=O. The Morgan fingerprint density at radius 1 is 1.15 bits per heavy atom. The maximum absolute atomic E-state index is 10.5. The standard InChI is InChI=1S/C7H10O3.C3H5NO.C3H4O2/c1-3-4-10-7(9)5-6(2)8;2*1-2-3(4)5/h3H,1,4-5H2,2H3;2H,1H2,(H2,4,5);2H,1H2,(H,4,5). The fourth-order valence-electron chi connectivity index (χ4n) is 0.406. The van der Waals surface area contributed by atoms with Crippen LogP contribution in [0.5, 0.6) is 0 Å². The molecule has 0 saturated carbocycles. The van der Waals surface area contributed by atoms with Crippen molar-refractivity contribution in [1.29, 1.82) is 0 Å². The number of carboxylic acid groups (broad SMARTS) is 1. The van der Waals surface area contributed by atoms with Gasteiger partial charge in [0.05, 0.1) is 0 Å². The highest BCUT2D eigenvalue weighted by Gasteiger charge is 2.03.